The highest BCUT2D eigenvalue weighted by Crippen LogP contribution is 2.41. The van der Waals surface area contributed by atoms with Crippen molar-refractivity contribution < 1.29 is 162 Å². The zero-order chi connectivity index (χ0) is 85.4. The van der Waals surface area contributed by atoms with Crippen molar-refractivity contribution in [1.29, 1.82) is 0 Å². The molecule has 0 fully saturated rings. The van der Waals surface area contributed by atoms with E-state index in [4.69, 9.17) is 80.3 Å². The second kappa shape index (κ2) is 53.7. The van der Waals surface area contributed by atoms with Gasteiger partial charge in [-0.2, -0.15) is 0 Å². The van der Waals surface area contributed by atoms with Crippen molar-refractivity contribution in [3.8, 4) is 0 Å². The van der Waals surface area contributed by atoms with Gasteiger partial charge in [-0.25, -0.2) is 0 Å². The zero-order valence-corrected chi connectivity index (χ0v) is 72.8. The Morgan fingerprint density at radius 2 is 0.407 bits per heavy atom. The fourth-order valence-electron chi connectivity index (χ4n) is 7.07. The number of carbonyl (C=O) groups is 12. The van der Waals surface area contributed by atoms with Crippen molar-refractivity contribution in [3.63, 3.8) is 0 Å². The molecule has 0 unspecified atom stereocenters. The summed E-state index contributed by atoms with van der Waals surface area (Å²) in [6.45, 7) is 46.8. The lowest BCUT2D eigenvalue weighted by atomic mass is 9.90. The molecule has 0 aromatic rings. The molecule has 0 bridgehead atoms. The monoisotopic (exact) mass is 1610 g/mol. The minimum Gasteiger partial charge on any atom is -0.465 e. The fourth-order valence-corrected chi connectivity index (χ4v) is 10.2. The van der Waals surface area contributed by atoms with Gasteiger partial charge in [0.2, 0.25) is 27.1 Å². The summed E-state index contributed by atoms with van der Waals surface area (Å²) in [5.74, 6) is -9.49. The first-order chi connectivity index (χ1) is 49.8. The van der Waals surface area contributed by atoms with Gasteiger partial charge in [0.15, 0.2) is 38.5 Å². The minimum atomic E-state index is -2.27. The molecule has 108 heavy (non-hydrogen) atoms. The zero-order valence-electron chi connectivity index (χ0n) is 69.8. The standard InChI is InChI=1S/C18H34O8Si.C17H34O6Si.C15H30O6Si.C12H20O8.C9H16O6/c1-9-23-15(20)18(16(21)24-10-2,11-22-13-25-14(3)19)12-26-27(7,8)17(4,5)6;1-9-20-12-17(14(18)21-10-2,15(19)22-11-3)13-23-24(7,8)16(4,5)6;1-8-19-12(17)15(10-16,13(18)20-9-2)11-21-22(6,7)14(3,4)5;1-4-18-10(15)12(6-13,11(16)19-5-2)7-17-8-20-9(3)14;1-3-14-7(12)9(5-10,6-11)8(13)15-4-2/h9-13H2,1-8H3;9-13H2,1-8H3;16H,8-11H2,1-7H3;13H,4-8H2,1-3H3;10-11H,3-6H2,1-2H3. The predicted molar refractivity (Wildman–Crippen MR) is 398 cm³/mol. The highest BCUT2D eigenvalue weighted by molar-refractivity contribution is 6.75. The van der Waals surface area contributed by atoms with Gasteiger partial charge in [-0.05, 0) is 131 Å². The Hall–Kier alpha value is -6.11. The third-order valence-electron chi connectivity index (χ3n) is 17.1. The molecule has 0 aromatic carbocycles. The van der Waals surface area contributed by atoms with Crippen molar-refractivity contribution in [2.75, 3.05) is 152 Å². The van der Waals surface area contributed by atoms with Gasteiger partial charge in [-0.1, -0.05) is 62.3 Å². The third-order valence-corrected chi connectivity index (χ3v) is 30.6. The van der Waals surface area contributed by atoms with Gasteiger partial charge in [0, 0.05) is 20.5 Å². The van der Waals surface area contributed by atoms with Crippen LogP contribution in [-0.2, 0) is 142 Å². The van der Waals surface area contributed by atoms with Crippen LogP contribution in [0.3, 0.4) is 0 Å². The van der Waals surface area contributed by atoms with Crippen LogP contribution in [0.2, 0.25) is 54.4 Å². The van der Waals surface area contributed by atoms with Gasteiger partial charge in [0.1, 0.15) is 0 Å². The van der Waals surface area contributed by atoms with Crippen molar-refractivity contribution in [2.24, 2.45) is 27.1 Å². The largest absolute Gasteiger partial charge is 0.465 e. The molecular weight excluding hydrogens is 1480 g/mol. The molecule has 34 nitrogen and oxygen atoms in total. The molecule has 0 aliphatic rings. The summed E-state index contributed by atoms with van der Waals surface area (Å²) in [4.78, 5) is 143. The van der Waals surface area contributed by atoms with Crippen LogP contribution in [0.25, 0.3) is 0 Å². The molecule has 37 heteroatoms. The highest BCUT2D eigenvalue weighted by Gasteiger charge is 2.56. The summed E-state index contributed by atoms with van der Waals surface area (Å²) in [6, 6.07) is 0. The van der Waals surface area contributed by atoms with Gasteiger partial charge in [0.05, 0.1) is 132 Å². The molecule has 0 aliphatic carbocycles. The average molecular weight is 1620 g/mol. The molecule has 0 heterocycles. The summed E-state index contributed by atoms with van der Waals surface area (Å²) in [5.41, 5.74) is -9.18. The Morgan fingerprint density at radius 3 is 0.583 bits per heavy atom. The smallest absolute Gasteiger partial charge is 0.328 e. The number of aliphatic hydroxyl groups excluding tert-OH is 4. The summed E-state index contributed by atoms with van der Waals surface area (Å²) < 4.78 is 92.2. The molecule has 0 saturated carbocycles. The van der Waals surface area contributed by atoms with Gasteiger partial charge < -0.3 is 105 Å². The van der Waals surface area contributed by atoms with E-state index in [0.717, 1.165) is 0 Å². The number of rotatable bonds is 44. The number of hydrogen-bond acceptors (Lipinski definition) is 34. The first-order valence-corrected chi connectivity index (χ1v) is 44.6. The third kappa shape index (κ3) is 35.9. The first-order valence-electron chi connectivity index (χ1n) is 35.9. The number of aliphatic hydroxyl groups is 4. The second-order valence-electron chi connectivity index (χ2n) is 28.2. The van der Waals surface area contributed by atoms with E-state index in [1.165, 1.54) is 13.8 Å². The SMILES string of the molecule is CCOC(=O)C(CO)(CO)C(=O)OCC.CCOC(=O)C(CO)(COCOC(C)=O)C(=O)OCC.CCOC(=O)C(CO)(CO[Si](C)(C)C(C)(C)C)C(=O)OCC.CCOC(=O)C(COCOC(C)=O)(CO[Si](C)(C)C(C)(C)C)C(=O)OCC.CCOCC(CO[Si](C)(C)C(C)(C)C)(C(=O)OCC)C(=O)OCC. The normalized spacial score (nSPS) is 12.1. The van der Waals surface area contributed by atoms with Crippen LogP contribution in [0.15, 0.2) is 0 Å². The number of carbonyl (C=O) groups excluding carboxylic acids is 12. The summed E-state index contributed by atoms with van der Waals surface area (Å²) in [7, 11) is -6.63. The predicted octanol–water partition coefficient (Wildman–Crippen LogP) is 6.64. The van der Waals surface area contributed by atoms with Crippen LogP contribution in [0.1, 0.15) is 152 Å². The lowest BCUT2D eigenvalue weighted by Gasteiger charge is -2.39. The van der Waals surface area contributed by atoms with Crippen molar-refractivity contribution in [2.45, 2.75) is 207 Å². The van der Waals surface area contributed by atoms with Crippen LogP contribution in [0.4, 0.5) is 0 Å². The molecule has 0 saturated heterocycles. The van der Waals surface area contributed by atoms with Crippen LogP contribution in [0, 0.1) is 27.1 Å². The fraction of sp³-hybridized carbons (Fsp3) is 0.831. The number of esters is 12. The lowest BCUT2D eigenvalue weighted by Crippen LogP contribution is -2.53. The number of hydrogen-bond donors (Lipinski definition) is 4. The Labute approximate surface area is 642 Å². The molecule has 0 atom stereocenters. The van der Waals surface area contributed by atoms with E-state index >= 15 is 0 Å². The van der Waals surface area contributed by atoms with Crippen LogP contribution in [0.5, 0.6) is 0 Å². The first kappa shape index (κ1) is 110. The highest BCUT2D eigenvalue weighted by atomic mass is 28.4. The Bertz CT molecular complexity index is 2600. The molecule has 0 amide bonds. The molecule has 634 valence electrons. The van der Waals surface area contributed by atoms with E-state index in [9.17, 15) is 67.7 Å². The maximum absolute atomic E-state index is 12.7. The van der Waals surface area contributed by atoms with E-state index in [1.807, 2.05) is 47.0 Å². The lowest BCUT2D eigenvalue weighted by molar-refractivity contribution is -0.187. The van der Waals surface area contributed by atoms with Crippen LogP contribution < -0.4 is 0 Å². The molecule has 0 radical (unpaired) electrons. The maximum atomic E-state index is 12.7. The van der Waals surface area contributed by atoms with Gasteiger partial charge in [-0.3, -0.25) is 57.5 Å². The van der Waals surface area contributed by atoms with Gasteiger partial charge in [0.25, 0.3) is 0 Å². The van der Waals surface area contributed by atoms with Crippen molar-refractivity contribution in [1.82, 2.24) is 0 Å². The summed E-state index contributed by atoms with van der Waals surface area (Å²) in [5, 5.41) is 36.9. The van der Waals surface area contributed by atoms with E-state index in [0.29, 0.717) is 6.61 Å². The quantitative estimate of drug-likeness (QED) is 0.0124. The van der Waals surface area contributed by atoms with Gasteiger partial charge >= 0.3 is 71.6 Å². The van der Waals surface area contributed by atoms with Crippen molar-refractivity contribution >= 4 is 96.6 Å². The van der Waals surface area contributed by atoms with Crippen LogP contribution in [-0.4, -0.2) is 269 Å². The maximum Gasteiger partial charge on any atom is 0.328 e. The molecule has 0 spiro atoms. The Morgan fingerprint density at radius 1 is 0.241 bits per heavy atom. The topological polar surface area (TPSA) is 452 Å². The molecule has 4 N–H and O–H groups in total. The van der Waals surface area contributed by atoms with E-state index in [2.05, 4.69) is 68.8 Å². The molecule has 0 rings (SSSR count). The molecule has 0 aromatic heterocycles. The molecular formula is C71H134O34Si3. The average Bonchev–Trinajstić information content (AvgIpc) is 0.803. The van der Waals surface area contributed by atoms with E-state index < -0.39 is 170 Å². The van der Waals surface area contributed by atoms with Crippen molar-refractivity contribution in [3.05, 3.63) is 0 Å². The summed E-state index contributed by atoms with van der Waals surface area (Å²) >= 11 is 0. The van der Waals surface area contributed by atoms with Gasteiger partial charge in [-0.15, -0.1) is 0 Å². The number of ether oxygens (including phenoxy) is 15. The second-order valence-corrected chi connectivity index (χ2v) is 42.7. The minimum absolute atomic E-state index is 0.0317. The Kier molecular flexibility index (Phi) is 55.0. The summed E-state index contributed by atoms with van der Waals surface area (Å²) in [6.07, 6.45) is 0. The van der Waals surface area contributed by atoms with E-state index in [1.54, 1.807) is 76.2 Å². The Balaban J connectivity index is -0.000000414. The van der Waals surface area contributed by atoms with E-state index in [-0.39, 0.29) is 114 Å². The molecule has 0 aliphatic heterocycles. The van der Waals surface area contributed by atoms with Crippen LogP contribution >= 0.6 is 0 Å².